The standard InChI is InChI=1S/C11H9NO/c1-7-4-2-3-5-8(7)10-9-6-13-12-11(9)10/h2-6,10H,1H3. The SMILES string of the molecule is Cc1ccccc1C1c2conc21. The number of aryl methyl sites for hydroxylation is 1. The van der Waals surface area contributed by atoms with Gasteiger partial charge in [0.15, 0.2) is 0 Å². The normalized spacial score (nSPS) is 18.4. The lowest BCUT2D eigenvalue weighted by Gasteiger charge is -2.01. The van der Waals surface area contributed by atoms with Crippen molar-refractivity contribution in [2.75, 3.05) is 0 Å². The Labute approximate surface area is 76.2 Å². The maximum absolute atomic E-state index is 4.82. The van der Waals surface area contributed by atoms with Gasteiger partial charge in [0.05, 0.1) is 11.6 Å². The minimum Gasteiger partial charge on any atom is -0.364 e. The Balaban J connectivity index is 2.05. The van der Waals surface area contributed by atoms with E-state index >= 15 is 0 Å². The lowest BCUT2D eigenvalue weighted by molar-refractivity contribution is 0.405. The van der Waals surface area contributed by atoms with Crippen LogP contribution in [-0.2, 0) is 0 Å². The summed E-state index contributed by atoms with van der Waals surface area (Å²) in [6, 6.07) is 8.41. The molecule has 64 valence electrons. The predicted molar refractivity (Wildman–Crippen MR) is 48.6 cm³/mol. The van der Waals surface area contributed by atoms with Crippen LogP contribution in [0.2, 0.25) is 0 Å². The number of fused-ring (bicyclic) bond motifs is 1. The van der Waals surface area contributed by atoms with E-state index in [1.54, 1.807) is 6.26 Å². The monoisotopic (exact) mass is 171 g/mol. The van der Waals surface area contributed by atoms with E-state index in [1.165, 1.54) is 16.7 Å². The molecular formula is C11H9NO. The molecule has 1 aliphatic carbocycles. The van der Waals surface area contributed by atoms with E-state index in [1.807, 2.05) is 0 Å². The first-order valence-corrected chi connectivity index (χ1v) is 4.37. The van der Waals surface area contributed by atoms with Gasteiger partial charge in [-0.25, -0.2) is 0 Å². The van der Waals surface area contributed by atoms with Gasteiger partial charge in [-0.2, -0.15) is 0 Å². The molecule has 2 heteroatoms. The summed E-state index contributed by atoms with van der Waals surface area (Å²) in [4.78, 5) is 0. The summed E-state index contributed by atoms with van der Waals surface area (Å²) in [5, 5.41) is 3.93. The molecule has 1 unspecified atom stereocenters. The molecule has 0 N–H and O–H groups in total. The zero-order valence-electron chi connectivity index (χ0n) is 7.32. The highest BCUT2D eigenvalue weighted by Gasteiger charge is 2.39. The molecule has 0 fully saturated rings. The Bertz CT molecular complexity index is 440. The minimum absolute atomic E-state index is 0.426. The molecule has 0 spiro atoms. The number of hydrogen-bond acceptors (Lipinski definition) is 2. The average Bonchev–Trinajstić information content (AvgIpc) is 2.61. The van der Waals surface area contributed by atoms with Crippen LogP contribution in [0.1, 0.15) is 28.3 Å². The smallest absolute Gasteiger partial charge is 0.128 e. The third-order valence-electron chi connectivity index (χ3n) is 2.63. The van der Waals surface area contributed by atoms with Crippen LogP contribution < -0.4 is 0 Å². The van der Waals surface area contributed by atoms with Crippen molar-refractivity contribution in [3.05, 3.63) is 52.9 Å². The second kappa shape index (κ2) is 2.22. The van der Waals surface area contributed by atoms with Crippen LogP contribution in [0.5, 0.6) is 0 Å². The van der Waals surface area contributed by atoms with Gasteiger partial charge in [0, 0.05) is 5.56 Å². The molecule has 1 heterocycles. The van der Waals surface area contributed by atoms with Gasteiger partial charge in [0.25, 0.3) is 0 Å². The van der Waals surface area contributed by atoms with Gasteiger partial charge in [-0.3, -0.25) is 0 Å². The molecule has 0 bridgehead atoms. The maximum atomic E-state index is 4.82. The molecule has 13 heavy (non-hydrogen) atoms. The first kappa shape index (κ1) is 6.89. The van der Waals surface area contributed by atoms with Crippen LogP contribution in [0.25, 0.3) is 0 Å². The molecule has 1 atom stereocenters. The van der Waals surface area contributed by atoms with E-state index in [0.29, 0.717) is 5.92 Å². The van der Waals surface area contributed by atoms with E-state index < -0.39 is 0 Å². The number of nitrogens with zero attached hydrogens (tertiary/aromatic N) is 1. The highest BCUT2D eigenvalue weighted by molar-refractivity contribution is 5.56. The lowest BCUT2D eigenvalue weighted by Crippen LogP contribution is -1.87. The molecule has 1 aromatic carbocycles. The quantitative estimate of drug-likeness (QED) is 0.562. The van der Waals surface area contributed by atoms with E-state index in [-0.39, 0.29) is 0 Å². The third kappa shape index (κ3) is 0.856. The van der Waals surface area contributed by atoms with Crippen molar-refractivity contribution >= 4 is 0 Å². The summed E-state index contributed by atoms with van der Waals surface area (Å²) in [5.41, 5.74) is 5.03. The van der Waals surface area contributed by atoms with Crippen LogP contribution in [0.3, 0.4) is 0 Å². The van der Waals surface area contributed by atoms with Gasteiger partial charge in [-0.1, -0.05) is 29.4 Å². The number of rotatable bonds is 1. The molecule has 0 aliphatic heterocycles. The second-order valence-electron chi connectivity index (χ2n) is 3.44. The Morgan fingerprint density at radius 1 is 1.23 bits per heavy atom. The number of benzene rings is 1. The van der Waals surface area contributed by atoms with E-state index in [4.69, 9.17) is 4.52 Å². The minimum atomic E-state index is 0.426. The molecule has 1 aromatic heterocycles. The Kier molecular flexibility index (Phi) is 1.18. The molecule has 0 saturated carbocycles. The zero-order chi connectivity index (χ0) is 8.84. The highest BCUT2D eigenvalue weighted by Crippen LogP contribution is 2.47. The number of aromatic nitrogens is 1. The van der Waals surface area contributed by atoms with Crippen LogP contribution in [0.4, 0.5) is 0 Å². The van der Waals surface area contributed by atoms with Crippen molar-refractivity contribution in [3.8, 4) is 0 Å². The molecule has 0 amide bonds. The van der Waals surface area contributed by atoms with Crippen molar-refractivity contribution in [1.82, 2.24) is 5.16 Å². The van der Waals surface area contributed by atoms with Crippen molar-refractivity contribution in [2.45, 2.75) is 12.8 Å². The first-order valence-electron chi connectivity index (χ1n) is 4.37. The average molecular weight is 171 g/mol. The second-order valence-corrected chi connectivity index (χ2v) is 3.44. The van der Waals surface area contributed by atoms with Crippen molar-refractivity contribution in [3.63, 3.8) is 0 Å². The summed E-state index contributed by atoms with van der Waals surface area (Å²) in [6.45, 7) is 2.13. The molecular weight excluding hydrogens is 162 g/mol. The summed E-state index contributed by atoms with van der Waals surface area (Å²) in [5.74, 6) is 0.426. The summed E-state index contributed by atoms with van der Waals surface area (Å²) in [7, 11) is 0. The van der Waals surface area contributed by atoms with Gasteiger partial charge in [-0.05, 0) is 18.1 Å². The van der Waals surface area contributed by atoms with Gasteiger partial charge < -0.3 is 4.52 Å². The van der Waals surface area contributed by atoms with Crippen LogP contribution >= 0.6 is 0 Å². The Morgan fingerprint density at radius 2 is 2.08 bits per heavy atom. The fourth-order valence-corrected chi connectivity index (χ4v) is 1.83. The summed E-state index contributed by atoms with van der Waals surface area (Å²) >= 11 is 0. The van der Waals surface area contributed by atoms with E-state index in [9.17, 15) is 0 Å². The predicted octanol–water partition coefficient (Wildman–Crippen LogP) is 2.48. The highest BCUT2D eigenvalue weighted by atomic mass is 16.5. The van der Waals surface area contributed by atoms with Gasteiger partial charge >= 0.3 is 0 Å². The van der Waals surface area contributed by atoms with E-state index in [0.717, 1.165) is 5.69 Å². The molecule has 3 rings (SSSR count). The Morgan fingerprint density at radius 3 is 2.77 bits per heavy atom. The van der Waals surface area contributed by atoms with E-state index in [2.05, 4.69) is 36.3 Å². The zero-order valence-corrected chi connectivity index (χ0v) is 7.32. The largest absolute Gasteiger partial charge is 0.364 e. The molecule has 2 nitrogen and oxygen atoms in total. The summed E-state index contributed by atoms with van der Waals surface area (Å²) < 4.78 is 4.82. The first-order chi connectivity index (χ1) is 6.38. The summed E-state index contributed by atoms with van der Waals surface area (Å²) in [6.07, 6.45) is 1.74. The van der Waals surface area contributed by atoms with Crippen molar-refractivity contribution in [2.24, 2.45) is 0 Å². The maximum Gasteiger partial charge on any atom is 0.128 e. The molecule has 0 saturated heterocycles. The lowest BCUT2D eigenvalue weighted by atomic mass is 10.0. The van der Waals surface area contributed by atoms with Crippen LogP contribution in [-0.4, -0.2) is 5.16 Å². The van der Waals surface area contributed by atoms with Gasteiger partial charge in [0.1, 0.15) is 6.26 Å². The van der Waals surface area contributed by atoms with Gasteiger partial charge in [0.2, 0.25) is 0 Å². The third-order valence-corrected chi connectivity index (χ3v) is 2.63. The van der Waals surface area contributed by atoms with Gasteiger partial charge in [-0.15, -0.1) is 0 Å². The number of hydrogen-bond donors (Lipinski definition) is 0. The van der Waals surface area contributed by atoms with Crippen molar-refractivity contribution < 1.29 is 4.52 Å². The molecule has 0 radical (unpaired) electrons. The Hall–Kier alpha value is -1.57. The fraction of sp³-hybridized carbons (Fsp3) is 0.182. The van der Waals surface area contributed by atoms with Crippen LogP contribution in [0, 0.1) is 6.92 Å². The molecule has 2 aromatic rings. The fourth-order valence-electron chi connectivity index (χ4n) is 1.83. The molecule has 1 aliphatic rings. The topological polar surface area (TPSA) is 26.0 Å². The van der Waals surface area contributed by atoms with Crippen LogP contribution in [0.15, 0.2) is 35.1 Å². The van der Waals surface area contributed by atoms with Crippen molar-refractivity contribution in [1.29, 1.82) is 0 Å².